The van der Waals surface area contributed by atoms with Crippen molar-refractivity contribution in [3.8, 4) is 5.75 Å². The smallest absolute Gasteiger partial charge is 0.307 e. The first kappa shape index (κ1) is 17.2. The fourth-order valence-corrected chi connectivity index (χ4v) is 4.58. The van der Waals surface area contributed by atoms with Crippen LogP contribution in [0.1, 0.15) is 16.1 Å². The molecule has 7 heteroatoms. The molecule has 2 aromatic heterocycles. The molecule has 0 saturated heterocycles. The molecule has 4 nitrogen and oxygen atoms in total. The lowest BCUT2D eigenvalue weighted by Crippen LogP contribution is -2.04. The number of carboxylic acids is 1. The van der Waals surface area contributed by atoms with E-state index in [-0.39, 0.29) is 17.2 Å². The van der Waals surface area contributed by atoms with Crippen molar-refractivity contribution in [1.29, 1.82) is 0 Å². The largest absolute Gasteiger partial charge is 0.506 e. The Morgan fingerprint density at radius 1 is 1.38 bits per heavy atom. The number of nitrogens with zero attached hydrogens (tertiary/aromatic N) is 1. The predicted octanol–water partition coefficient (Wildman–Crippen LogP) is 4.77. The Labute approximate surface area is 152 Å². The molecule has 0 aliphatic rings. The fourth-order valence-electron chi connectivity index (χ4n) is 2.84. The summed E-state index contributed by atoms with van der Waals surface area (Å²) >= 11 is 9.50. The standard InChI is InChI=1S/C17H16ClNO3S2/c1-9-11(6-16(21)22)12-5-15(20)13(18)7-14(12)19(9)8-10-3-4-17(23-2)24-10/h3-5,7,20H,6,8H2,1-2H3,(H,21,22). The van der Waals surface area contributed by atoms with Crippen LogP contribution in [0, 0.1) is 6.92 Å². The minimum absolute atomic E-state index is 0.0336. The van der Waals surface area contributed by atoms with E-state index in [2.05, 4.69) is 16.7 Å². The number of aromatic hydroxyl groups is 1. The number of thiophene rings is 1. The number of hydrogen-bond donors (Lipinski definition) is 2. The highest BCUT2D eigenvalue weighted by Gasteiger charge is 2.19. The summed E-state index contributed by atoms with van der Waals surface area (Å²) in [5.74, 6) is -0.930. The van der Waals surface area contributed by atoms with E-state index in [9.17, 15) is 15.0 Å². The van der Waals surface area contributed by atoms with Gasteiger partial charge in [0, 0.05) is 16.0 Å². The number of halogens is 1. The zero-order valence-corrected chi connectivity index (χ0v) is 15.6. The summed E-state index contributed by atoms with van der Waals surface area (Å²) in [6, 6.07) is 7.43. The summed E-state index contributed by atoms with van der Waals surface area (Å²) in [6.07, 6.45) is 1.95. The third-order valence-electron chi connectivity index (χ3n) is 4.00. The van der Waals surface area contributed by atoms with Gasteiger partial charge in [0.1, 0.15) is 5.75 Å². The summed E-state index contributed by atoms with van der Waals surface area (Å²) < 4.78 is 3.30. The molecule has 1 aromatic carbocycles. The molecule has 0 bridgehead atoms. The Morgan fingerprint density at radius 3 is 2.75 bits per heavy atom. The number of hydrogen-bond acceptors (Lipinski definition) is 4. The van der Waals surface area contributed by atoms with Crippen molar-refractivity contribution >= 4 is 51.6 Å². The lowest BCUT2D eigenvalue weighted by atomic mass is 10.1. The highest BCUT2D eigenvalue weighted by Crippen LogP contribution is 2.35. The van der Waals surface area contributed by atoms with Crippen molar-refractivity contribution in [2.75, 3.05) is 6.26 Å². The number of phenolic OH excluding ortho intramolecular Hbond substituents is 1. The molecule has 0 atom stereocenters. The van der Waals surface area contributed by atoms with Gasteiger partial charge in [0.15, 0.2) is 0 Å². The minimum atomic E-state index is -0.896. The van der Waals surface area contributed by atoms with Crippen molar-refractivity contribution < 1.29 is 15.0 Å². The van der Waals surface area contributed by atoms with Gasteiger partial charge in [-0.25, -0.2) is 0 Å². The summed E-state index contributed by atoms with van der Waals surface area (Å²) in [4.78, 5) is 12.4. The average molecular weight is 382 g/mol. The van der Waals surface area contributed by atoms with Crippen LogP contribution < -0.4 is 0 Å². The Balaban J connectivity index is 2.16. The van der Waals surface area contributed by atoms with Crippen LogP contribution in [-0.2, 0) is 17.8 Å². The molecule has 0 aliphatic carbocycles. The second-order valence-electron chi connectivity index (χ2n) is 5.47. The van der Waals surface area contributed by atoms with Crippen LogP contribution in [0.3, 0.4) is 0 Å². The van der Waals surface area contributed by atoms with Gasteiger partial charge in [-0.1, -0.05) is 11.6 Å². The first-order valence-corrected chi connectivity index (χ1v) is 9.67. The van der Waals surface area contributed by atoms with Crippen LogP contribution in [0.5, 0.6) is 5.75 Å². The Bertz CT molecular complexity index is 930. The molecular weight excluding hydrogens is 366 g/mol. The number of fused-ring (bicyclic) bond motifs is 1. The van der Waals surface area contributed by atoms with Gasteiger partial charge in [-0.2, -0.15) is 0 Å². The van der Waals surface area contributed by atoms with Gasteiger partial charge in [0.05, 0.1) is 27.7 Å². The number of phenols is 1. The van der Waals surface area contributed by atoms with Gasteiger partial charge in [-0.15, -0.1) is 23.1 Å². The number of carboxylic acid groups (broad SMARTS) is 1. The van der Waals surface area contributed by atoms with Gasteiger partial charge < -0.3 is 14.8 Å². The lowest BCUT2D eigenvalue weighted by molar-refractivity contribution is -0.136. The molecule has 2 N–H and O–H groups in total. The molecule has 0 amide bonds. The monoisotopic (exact) mass is 381 g/mol. The summed E-state index contributed by atoms with van der Waals surface area (Å²) in [7, 11) is 0. The highest BCUT2D eigenvalue weighted by molar-refractivity contribution is 8.00. The summed E-state index contributed by atoms with van der Waals surface area (Å²) in [6.45, 7) is 2.56. The Hall–Kier alpha value is -1.63. The van der Waals surface area contributed by atoms with Gasteiger partial charge in [-0.05, 0) is 43.0 Å². The van der Waals surface area contributed by atoms with Crippen LogP contribution in [0.25, 0.3) is 10.9 Å². The molecular formula is C17H16ClNO3S2. The number of aliphatic carboxylic acids is 1. The van der Waals surface area contributed by atoms with Crippen molar-refractivity contribution in [2.24, 2.45) is 0 Å². The molecule has 3 rings (SSSR count). The average Bonchev–Trinajstić information content (AvgIpc) is 3.07. The quantitative estimate of drug-likeness (QED) is 0.625. The van der Waals surface area contributed by atoms with Crippen LogP contribution >= 0.6 is 34.7 Å². The second kappa shape index (κ2) is 6.70. The first-order chi connectivity index (χ1) is 11.4. The predicted molar refractivity (Wildman–Crippen MR) is 99.9 cm³/mol. The number of carbonyl (C=O) groups is 1. The van der Waals surface area contributed by atoms with Gasteiger partial charge in [0.2, 0.25) is 0 Å². The van der Waals surface area contributed by atoms with E-state index in [4.69, 9.17) is 11.6 Å². The molecule has 0 fully saturated rings. The summed E-state index contributed by atoms with van der Waals surface area (Å²) in [5.41, 5.74) is 2.44. The Kier molecular flexibility index (Phi) is 4.80. The van der Waals surface area contributed by atoms with Crippen LogP contribution in [0.15, 0.2) is 28.5 Å². The first-order valence-electron chi connectivity index (χ1n) is 7.25. The molecule has 0 saturated carbocycles. The SMILES string of the molecule is CSc1ccc(Cn2c(C)c(CC(=O)O)c3cc(O)c(Cl)cc32)s1. The maximum atomic E-state index is 11.2. The van der Waals surface area contributed by atoms with Crippen molar-refractivity contribution in [3.05, 3.63) is 45.4 Å². The maximum absolute atomic E-state index is 11.2. The minimum Gasteiger partial charge on any atom is -0.506 e. The molecule has 24 heavy (non-hydrogen) atoms. The van der Waals surface area contributed by atoms with Crippen molar-refractivity contribution in [1.82, 2.24) is 4.57 Å². The molecule has 0 unspecified atom stereocenters. The zero-order valence-electron chi connectivity index (χ0n) is 13.2. The Morgan fingerprint density at radius 2 is 2.12 bits per heavy atom. The number of benzene rings is 1. The van der Waals surface area contributed by atoms with E-state index in [1.807, 2.05) is 13.2 Å². The van der Waals surface area contributed by atoms with E-state index in [1.165, 1.54) is 9.09 Å². The maximum Gasteiger partial charge on any atom is 0.307 e. The zero-order chi connectivity index (χ0) is 17.4. The molecule has 3 aromatic rings. The normalized spacial score (nSPS) is 11.3. The fraction of sp³-hybridized carbons (Fsp3) is 0.235. The molecule has 0 radical (unpaired) electrons. The van der Waals surface area contributed by atoms with Crippen LogP contribution in [0.2, 0.25) is 5.02 Å². The number of rotatable bonds is 5. The van der Waals surface area contributed by atoms with Crippen molar-refractivity contribution in [2.45, 2.75) is 24.1 Å². The molecule has 126 valence electrons. The van der Waals surface area contributed by atoms with Crippen LogP contribution in [-0.4, -0.2) is 27.0 Å². The second-order valence-corrected chi connectivity index (χ2v) is 8.15. The number of thioether (sulfide) groups is 1. The third-order valence-corrected chi connectivity index (χ3v) is 6.46. The van der Waals surface area contributed by atoms with Gasteiger partial charge >= 0.3 is 5.97 Å². The molecule has 0 aliphatic heterocycles. The molecule has 2 heterocycles. The third kappa shape index (κ3) is 3.14. The van der Waals surface area contributed by atoms with E-state index >= 15 is 0 Å². The molecule has 0 spiro atoms. The van der Waals surface area contributed by atoms with E-state index in [1.54, 1.807) is 35.2 Å². The number of aromatic nitrogens is 1. The van der Waals surface area contributed by atoms with Gasteiger partial charge in [-0.3, -0.25) is 4.79 Å². The topological polar surface area (TPSA) is 62.5 Å². The van der Waals surface area contributed by atoms with E-state index < -0.39 is 5.97 Å². The lowest BCUT2D eigenvalue weighted by Gasteiger charge is -2.07. The highest BCUT2D eigenvalue weighted by atomic mass is 35.5. The summed E-state index contributed by atoms with van der Waals surface area (Å²) in [5, 5.41) is 20.1. The van der Waals surface area contributed by atoms with Crippen molar-refractivity contribution in [3.63, 3.8) is 0 Å². The van der Waals surface area contributed by atoms with E-state index in [0.717, 1.165) is 16.6 Å². The van der Waals surface area contributed by atoms with Gasteiger partial charge in [0.25, 0.3) is 0 Å². The van der Waals surface area contributed by atoms with E-state index in [0.29, 0.717) is 12.1 Å². The van der Waals surface area contributed by atoms with Crippen LogP contribution in [0.4, 0.5) is 0 Å².